The first-order chi connectivity index (χ1) is 6.52. The SMILES string of the molecule is N[C@@H](CCC(=O)NO)C(=O)C(=O)NO. The molecule has 8 heteroatoms. The van der Waals surface area contributed by atoms with Crippen LogP contribution in [0, 0.1) is 0 Å². The van der Waals surface area contributed by atoms with Gasteiger partial charge in [0.2, 0.25) is 11.7 Å². The molecule has 14 heavy (non-hydrogen) atoms. The van der Waals surface area contributed by atoms with Crippen molar-refractivity contribution in [1.82, 2.24) is 11.0 Å². The third-order valence-corrected chi connectivity index (χ3v) is 1.47. The van der Waals surface area contributed by atoms with Crippen LogP contribution in [0.2, 0.25) is 0 Å². The Morgan fingerprint density at radius 3 is 2.21 bits per heavy atom. The van der Waals surface area contributed by atoms with E-state index in [0.29, 0.717) is 0 Å². The molecule has 0 rings (SSSR count). The molecule has 0 aliphatic heterocycles. The van der Waals surface area contributed by atoms with Crippen molar-refractivity contribution in [3.05, 3.63) is 0 Å². The van der Waals surface area contributed by atoms with E-state index in [4.69, 9.17) is 16.1 Å². The highest BCUT2D eigenvalue weighted by Gasteiger charge is 2.21. The summed E-state index contributed by atoms with van der Waals surface area (Å²) in [5, 5.41) is 16.2. The van der Waals surface area contributed by atoms with Gasteiger partial charge in [-0.2, -0.15) is 0 Å². The number of Topliss-reactive ketones (excluding diaryl/α,β-unsaturated/α-hetero) is 1. The topological polar surface area (TPSA) is 142 Å². The van der Waals surface area contributed by atoms with Crippen LogP contribution in [0.25, 0.3) is 0 Å². The second kappa shape index (κ2) is 6.02. The van der Waals surface area contributed by atoms with Crippen LogP contribution in [0.15, 0.2) is 0 Å². The minimum atomic E-state index is -1.23. The number of ketones is 1. The molecule has 80 valence electrons. The van der Waals surface area contributed by atoms with Crippen LogP contribution in [0.1, 0.15) is 12.8 Å². The Kier molecular flexibility index (Phi) is 5.37. The fourth-order valence-corrected chi connectivity index (χ4v) is 0.697. The predicted molar refractivity (Wildman–Crippen MR) is 42.1 cm³/mol. The summed E-state index contributed by atoms with van der Waals surface area (Å²) < 4.78 is 0. The van der Waals surface area contributed by atoms with Crippen molar-refractivity contribution in [2.45, 2.75) is 18.9 Å². The van der Waals surface area contributed by atoms with Gasteiger partial charge in [0, 0.05) is 6.42 Å². The molecule has 0 aromatic carbocycles. The van der Waals surface area contributed by atoms with Gasteiger partial charge < -0.3 is 5.73 Å². The molecular weight excluding hydrogens is 194 g/mol. The number of rotatable bonds is 5. The molecular formula is C6H11N3O5. The van der Waals surface area contributed by atoms with Crippen molar-refractivity contribution in [2.24, 2.45) is 5.73 Å². The molecule has 0 unspecified atom stereocenters. The van der Waals surface area contributed by atoms with E-state index < -0.39 is 23.6 Å². The van der Waals surface area contributed by atoms with Gasteiger partial charge in [-0.1, -0.05) is 0 Å². The van der Waals surface area contributed by atoms with Gasteiger partial charge in [0.1, 0.15) is 0 Å². The maximum absolute atomic E-state index is 10.9. The number of hydrogen-bond donors (Lipinski definition) is 5. The molecule has 0 aromatic heterocycles. The van der Waals surface area contributed by atoms with Crippen LogP contribution in [0.3, 0.4) is 0 Å². The van der Waals surface area contributed by atoms with Gasteiger partial charge in [-0.3, -0.25) is 24.8 Å². The van der Waals surface area contributed by atoms with Crippen molar-refractivity contribution in [3.63, 3.8) is 0 Å². The summed E-state index contributed by atoms with van der Waals surface area (Å²) in [6.45, 7) is 0. The van der Waals surface area contributed by atoms with E-state index in [9.17, 15) is 14.4 Å². The van der Waals surface area contributed by atoms with Crippen LogP contribution in [-0.4, -0.2) is 34.1 Å². The quantitative estimate of drug-likeness (QED) is 0.193. The summed E-state index contributed by atoms with van der Waals surface area (Å²) in [6, 6.07) is -1.18. The number of carbonyl (C=O) groups is 3. The van der Waals surface area contributed by atoms with Crippen molar-refractivity contribution in [2.75, 3.05) is 0 Å². The Hall–Kier alpha value is -1.51. The summed E-state index contributed by atoms with van der Waals surface area (Å²) in [5.74, 6) is -2.97. The van der Waals surface area contributed by atoms with Crippen LogP contribution >= 0.6 is 0 Å². The second-order valence-electron chi connectivity index (χ2n) is 2.49. The van der Waals surface area contributed by atoms with Crippen molar-refractivity contribution in [3.8, 4) is 0 Å². The summed E-state index contributed by atoms with van der Waals surface area (Å²) in [4.78, 5) is 31.9. The molecule has 8 nitrogen and oxygen atoms in total. The smallest absolute Gasteiger partial charge is 0.312 e. The molecule has 0 radical (unpaired) electrons. The largest absolute Gasteiger partial charge is 0.321 e. The van der Waals surface area contributed by atoms with E-state index in [0.717, 1.165) is 5.48 Å². The van der Waals surface area contributed by atoms with Gasteiger partial charge in [0.05, 0.1) is 6.04 Å². The zero-order valence-corrected chi connectivity index (χ0v) is 7.19. The van der Waals surface area contributed by atoms with E-state index in [-0.39, 0.29) is 12.8 Å². The van der Waals surface area contributed by atoms with Crippen molar-refractivity contribution >= 4 is 17.6 Å². The molecule has 0 heterocycles. The number of hydrogen-bond acceptors (Lipinski definition) is 6. The summed E-state index contributed by atoms with van der Waals surface area (Å²) >= 11 is 0. The number of nitrogens with two attached hydrogens (primary N) is 1. The standard InChI is InChI=1S/C6H11N3O5/c7-3(1-2-4(10)8-13)5(11)6(12)9-14/h3,13-14H,1-2,7H2,(H,8,10)(H,9,12)/t3-/m0/s1. The summed E-state index contributed by atoms with van der Waals surface area (Å²) in [7, 11) is 0. The Morgan fingerprint density at radius 2 is 1.79 bits per heavy atom. The number of amides is 2. The number of carbonyl (C=O) groups excluding carboxylic acids is 3. The zero-order chi connectivity index (χ0) is 11.1. The Bertz CT molecular complexity index is 242. The highest BCUT2D eigenvalue weighted by Crippen LogP contribution is 1.95. The average Bonchev–Trinajstić information content (AvgIpc) is 2.22. The van der Waals surface area contributed by atoms with Crippen molar-refractivity contribution in [1.29, 1.82) is 0 Å². The molecule has 0 aromatic rings. The lowest BCUT2D eigenvalue weighted by Gasteiger charge is -2.07. The molecule has 0 saturated carbocycles. The predicted octanol–water partition coefficient (Wildman–Crippen LogP) is -2.33. The van der Waals surface area contributed by atoms with E-state index >= 15 is 0 Å². The molecule has 0 saturated heterocycles. The maximum Gasteiger partial charge on any atom is 0.312 e. The molecule has 0 bridgehead atoms. The van der Waals surface area contributed by atoms with Gasteiger partial charge in [-0.15, -0.1) is 0 Å². The molecule has 1 atom stereocenters. The lowest BCUT2D eigenvalue weighted by atomic mass is 10.1. The van der Waals surface area contributed by atoms with Crippen molar-refractivity contribution < 1.29 is 24.8 Å². The minimum Gasteiger partial charge on any atom is -0.321 e. The van der Waals surface area contributed by atoms with E-state index in [2.05, 4.69) is 0 Å². The van der Waals surface area contributed by atoms with Crippen LogP contribution in [0.5, 0.6) is 0 Å². The first-order valence-corrected chi connectivity index (χ1v) is 3.69. The maximum atomic E-state index is 10.9. The van der Waals surface area contributed by atoms with Gasteiger partial charge in [-0.05, 0) is 6.42 Å². The molecule has 0 aliphatic rings. The summed E-state index contributed by atoms with van der Waals surface area (Å²) in [5.41, 5.74) is 7.69. The van der Waals surface area contributed by atoms with Gasteiger partial charge in [0.15, 0.2) is 0 Å². The number of nitrogens with one attached hydrogen (secondary N) is 2. The fraction of sp³-hybridized carbons (Fsp3) is 0.500. The van der Waals surface area contributed by atoms with Crippen LogP contribution < -0.4 is 16.7 Å². The second-order valence-corrected chi connectivity index (χ2v) is 2.49. The Labute approximate surface area is 79.0 Å². The van der Waals surface area contributed by atoms with Gasteiger partial charge in [0.25, 0.3) is 0 Å². The average molecular weight is 205 g/mol. The Balaban J connectivity index is 3.96. The first kappa shape index (κ1) is 12.5. The van der Waals surface area contributed by atoms with Crippen LogP contribution in [0.4, 0.5) is 0 Å². The third kappa shape index (κ3) is 3.94. The fourth-order valence-electron chi connectivity index (χ4n) is 0.697. The Morgan fingerprint density at radius 1 is 1.21 bits per heavy atom. The molecule has 2 amide bonds. The van der Waals surface area contributed by atoms with Gasteiger partial charge in [-0.25, -0.2) is 11.0 Å². The molecule has 0 spiro atoms. The molecule has 6 N–H and O–H groups in total. The minimum absolute atomic E-state index is 0.0986. The zero-order valence-electron chi connectivity index (χ0n) is 7.19. The number of hydroxylamine groups is 2. The lowest BCUT2D eigenvalue weighted by molar-refractivity contribution is -0.144. The van der Waals surface area contributed by atoms with E-state index in [1.165, 1.54) is 5.48 Å². The van der Waals surface area contributed by atoms with Crippen LogP contribution in [-0.2, 0) is 14.4 Å². The highest BCUT2D eigenvalue weighted by molar-refractivity contribution is 6.37. The highest BCUT2D eigenvalue weighted by atomic mass is 16.5. The third-order valence-electron chi connectivity index (χ3n) is 1.47. The lowest BCUT2D eigenvalue weighted by Crippen LogP contribution is -2.42. The molecule has 0 aliphatic carbocycles. The normalized spacial score (nSPS) is 11.6. The van der Waals surface area contributed by atoms with E-state index in [1.807, 2.05) is 0 Å². The van der Waals surface area contributed by atoms with E-state index in [1.54, 1.807) is 0 Å². The molecule has 0 fully saturated rings. The van der Waals surface area contributed by atoms with Gasteiger partial charge >= 0.3 is 5.91 Å². The summed E-state index contributed by atoms with van der Waals surface area (Å²) in [6.07, 6.45) is -0.291. The monoisotopic (exact) mass is 205 g/mol. The first-order valence-electron chi connectivity index (χ1n) is 3.69.